The van der Waals surface area contributed by atoms with Gasteiger partial charge in [-0.3, -0.25) is 9.59 Å². The highest BCUT2D eigenvalue weighted by atomic mass is 16.4. The Morgan fingerprint density at radius 1 is 1.10 bits per heavy atom. The second-order valence-corrected chi connectivity index (χ2v) is 4.90. The molecule has 0 aromatic heterocycles. The first-order valence-electron chi connectivity index (χ1n) is 6.70. The van der Waals surface area contributed by atoms with Crippen molar-refractivity contribution in [2.45, 2.75) is 19.4 Å². The highest BCUT2D eigenvalue weighted by molar-refractivity contribution is 5.94. The number of carbonyl (C=O) groups is 2. The molecule has 1 amide bonds. The second-order valence-electron chi connectivity index (χ2n) is 4.90. The topological polar surface area (TPSA) is 66.4 Å². The van der Waals surface area contributed by atoms with Crippen LogP contribution in [0.3, 0.4) is 0 Å². The molecule has 0 saturated heterocycles. The number of aryl methyl sites for hydroxylation is 1. The molecule has 0 aliphatic heterocycles. The van der Waals surface area contributed by atoms with Gasteiger partial charge < -0.3 is 10.4 Å². The van der Waals surface area contributed by atoms with Crippen LogP contribution >= 0.6 is 0 Å². The Kier molecular flexibility index (Phi) is 4.72. The van der Waals surface area contributed by atoms with E-state index in [0.717, 1.165) is 11.1 Å². The number of carbonyl (C=O) groups excluding carboxylic acids is 1. The average Bonchev–Trinajstić information content (AvgIpc) is 2.47. The van der Waals surface area contributed by atoms with Gasteiger partial charge in [0.1, 0.15) is 0 Å². The van der Waals surface area contributed by atoms with Crippen molar-refractivity contribution in [3.05, 3.63) is 71.3 Å². The minimum Gasteiger partial charge on any atom is -0.481 e. The lowest BCUT2D eigenvalue weighted by atomic mass is 10.0. The van der Waals surface area contributed by atoms with Crippen LogP contribution in [-0.4, -0.2) is 17.0 Å². The Bertz CT molecular complexity index is 637. The highest BCUT2D eigenvalue weighted by Gasteiger charge is 2.18. The number of carboxylic acids is 1. The van der Waals surface area contributed by atoms with Crippen molar-refractivity contribution in [1.82, 2.24) is 5.32 Å². The smallest absolute Gasteiger partial charge is 0.305 e. The van der Waals surface area contributed by atoms with Crippen LogP contribution in [0.15, 0.2) is 54.6 Å². The quantitative estimate of drug-likeness (QED) is 0.886. The van der Waals surface area contributed by atoms with Crippen LogP contribution in [0.4, 0.5) is 0 Å². The van der Waals surface area contributed by atoms with Gasteiger partial charge in [-0.25, -0.2) is 0 Å². The Balaban J connectivity index is 2.19. The molecular formula is C17H17NO3. The maximum atomic E-state index is 12.3. The molecule has 2 aromatic carbocycles. The van der Waals surface area contributed by atoms with Crippen LogP contribution in [0.2, 0.25) is 0 Å². The van der Waals surface area contributed by atoms with Gasteiger partial charge in [0.15, 0.2) is 0 Å². The van der Waals surface area contributed by atoms with Crippen LogP contribution in [0, 0.1) is 6.92 Å². The largest absolute Gasteiger partial charge is 0.481 e. The number of nitrogens with one attached hydrogen (secondary N) is 1. The SMILES string of the molecule is Cc1cccc(C(=O)N[C@H](CC(=O)O)c2ccccc2)c1. The summed E-state index contributed by atoms with van der Waals surface area (Å²) in [6.07, 6.45) is -0.151. The third-order valence-electron chi connectivity index (χ3n) is 3.17. The van der Waals surface area contributed by atoms with E-state index in [1.54, 1.807) is 18.2 Å². The van der Waals surface area contributed by atoms with Crippen LogP contribution in [0.5, 0.6) is 0 Å². The zero-order valence-electron chi connectivity index (χ0n) is 11.7. The summed E-state index contributed by atoms with van der Waals surface area (Å²) in [7, 11) is 0. The van der Waals surface area contributed by atoms with Gasteiger partial charge in [0.25, 0.3) is 5.91 Å². The van der Waals surface area contributed by atoms with Gasteiger partial charge in [-0.2, -0.15) is 0 Å². The number of rotatable bonds is 5. The van der Waals surface area contributed by atoms with E-state index < -0.39 is 12.0 Å². The van der Waals surface area contributed by atoms with E-state index in [0.29, 0.717) is 5.56 Å². The summed E-state index contributed by atoms with van der Waals surface area (Å²) in [6.45, 7) is 1.91. The fourth-order valence-electron chi connectivity index (χ4n) is 2.14. The summed E-state index contributed by atoms with van der Waals surface area (Å²) < 4.78 is 0. The summed E-state index contributed by atoms with van der Waals surface area (Å²) in [4.78, 5) is 23.3. The lowest BCUT2D eigenvalue weighted by Gasteiger charge is -2.17. The van der Waals surface area contributed by atoms with Crippen molar-refractivity contribution in [3.63, 3.8) is 0 Å². The minimum absolute atomic E-state index is 0.151. The summed E-state index contributed by atoms with van der Waals surface area (Å²) >= 11 is 0. The van der Waals surface area contributed by atoms with Gasteiger partial charge in [0, 0.05) is 5.56 Å². The van der Waals surface area contributed by atoms with E-state index >= 15 is 0 Å². The molecule has 2 aromatic rings. The minimum atomic E-state index is -0.951. The van der Waals surface area contributed by atoms with Crippen molar-refractivity contribution in [1.29, 1.82) is 0 Å². The summed E-state index contributed by atoms with van der Waals surface area (Å²) in [5, 5.41) is 11.8. The van der Waals surface area contributed by atoms with Gasteiger partial charge >= 0.3 is 5.97 Å². The van der Waals surface area contributed by atoms with Gasteiger partial charge in [-0.05, 0) is 24.6 Å². The fourth-order valence-corrected chi connectivity index (χ4v) is 2.14. The van der Waals surface area contributed by atoms with E-state index in [1.165, 1.54) is 0 Å². The number of amides is 1. The second kappa shape index (κ2) is 6.70. The zero-order valence-corrected chi connectivity index (χ0v) is 11.7. The monoisotopic (exact) mass is 283 g/mol. The first-order chi connectivity index (χ1) is 10.1. The molecule has 1 atom stereocenters. The molecule has 0 radical (unpaired) electrons. The number of carboxylic acid groups (broad SMARTS) is 1. The van der Waals surface area contributed by atoms with Crippen LogP contribution < -0.4 is 5.32 Å². The predicted octanol–water partition coefficient (Wildman–Crippen LogP) is 2.94. The van der Waals surface area contributed by atoms with E-state index in [4.69, 9.17) is 5.11 Å². The zero-order chi connectivity index (χ0) is 15.2. The molecule has 0 unspecified atom stereocenters. The third-order valence-corrected chi connectivity index (χ3v) is 3.17. The lowest BCUT2D eigenvalue weighted by molar-refractivity contribution is -0.137. The van der Waals surface area contributed by atoms with E-state index in [2.05, 4.69) is 5.32 Å². The van der Waals surface area contributed by atoms with Gasteiger partial charge in [-0.15, -0.1) is 0 Å². The average molecular weight is 283 g/mol. The van der Waals surface area contributed by atoms with Crippen molar-refractivity contribution in [2.24, 2.45) is 0 Å². The van der Waals surface area contributed by atoms with Crippen LogP contribution in [-0.2, 0) is 4.79 Å². The Hall–Kier alpha value is -2.62. The molecule has 0 saturated carbocycles. The molecule has 4 nitrogen and oxygen atoms in total. The maximum Gasteiger partial charge on any atom is 0.305 e. The number of benzene rings is 2. The maximum absolute atomic E-state index is 12.3. The van der Waals surface area contributed by atoms with Crippen molar-refractivity contribution < 1.29 is 14.7 Å². The fraction of sp³-hybridized carbons (Fsp3) is 0.176. The summed E-state index contributed by atoms with van der Waals surface area (Å²) in [5.41, 5.74) is 2.29. The number of hydrogen-bond acceptors (Lipinski definition) is 2. The highest BCUT2D eigenvalue weighted by Crippen LogP contribution is 2.17. The van der Waals surface area contributed by atoms with E-state index in [-0.39, 0.29) is 12.3 Å². The molecule has 2 rings (SSSR count). The molecule has 108 valence electrons. The lowest BCUT2D eigenvalue weighted by Crippen LogP contribution is -2.30. The standard InChI is InChI=1S/C17H17NO3/c1-12-6-5-9-14(10-12)17(21)18-15(11-16(19)20)13-7-3-2-4-8-13/h2-10,15H,11H2,1H3,(H,18,21)(H,19,20)/t15-/m1/s1. The van der Waals surface area contributed by atoms with Gasteiger partial charge in [0.2, 0.25) is 0 Å². The van der Waals surface area contributed by atoms with Crippen molar-refractivity contribution in [2.75, 3.05) is 0 Å². The van der Waals surface area contributed by atoms with Crippen molar-refractivity contribution in [3.8, 4) is 0 Å². The normalized spacial score (nSPS) is 11.7. The molecular weight excluding hydrogens is 266 g/mol. The molecule has 0 heterocycles. The molecule has 21 heavy (non-hydrogen) atoms. The van der Waals surface area contributed by atoms with E-state index in [1.807, 2.05) is 43.3 Å². The third kappa shape index (κ3) is 4.18. The first-order valence-corrected chi connectivity index (χ1v) is 6.70. The molecule has 0 aliphatic carbocycles. The molecule has 2 N–H and O–H groups in total. The number of hydrogen-bond donors (Lipinski definition) is 2. The van der Waals surface area contributed by atoms with Gasteiger partial charge in [0.05, 0.1) is 12.5 Å². The molecule has 0 aliphatic rings. The molecule has 0 spiro atoms. The Morgan fingerprint density at radius 3 is 2.43 bits per heavy atom. The molecule has 4 heteroatoms. The summed E-state index contributed by atoms with van der Waals surface area (Å²) in [6, 6.07) is 15.8. The Labute approximate surface area is 123 Å². The molecule has 0 bridgehead atoms. The number of aliphatic carboxylic acids is 1. The van der Waals surface area contributed by atoms with Crippen LogP contribution in [0.25, 0.3) is 0 Å². The first kappa shape index (κ1) is 14.8. The Morgan fingerprint density at radius 2 is 1.81 bits per heavy atom. The van der Waals surface area contributed by atoms with Gasteiger partial charge in [-0.1, -0.05) is 48.0 Å². The summed E-state index contributed by atoms with van der Waals surface area (Å²) in [5.74, 6) is -1.22. The van der Waals surface area contributed by atoms with Crippen LogP contribution in [0.1, 0.15) is 33.9 Å². The molecule has 0 fully saturated rings. The van der Waals surface area contributed by atoms with E-state index in [9.17, 15) is 9.59 Å². The predicted molar refractivity (Wildman–Crippen MR) is 80.1 cm³/mol. The van der Waals surface area contributed by atoms with Crippen molar-refractivity contribution >= 4 is 11.9 Å².